The zero-order valence-corrected chi connectivity index (χ0v) is 9.58. The summed E-state index contributed by atoms with van der Waals surface area (Å²) >= 11 is 3.16. The number of rotatable bonds is 3. The number of hydrogen-bond donors (Lipinski definition) is 1. The van der Waals surface area contributed by atoms with E-state index in [1.165, 1.54) is 19.2 Å². The van der Waals surface area contributed by atoms with Crippen molar-refractivity contribution in [3.63, 3.8) is 0 Å². The van der Waals surface area contributed by atoms with Crippen LogP contribution in [0.15, 0.2) is 22.7 Å². The number of hydrogen-bond acceptors (Lipinski definition) is 4. The summed E-state index contributed by atoms with van der Waals surface area (Å²) in [6, 6.07) is 4.29. The number of phenols is 1. The molecule has 0 fully saturated rings. The van der Waals surface area contributed by atoms with Crippen LogP contribution in [0.4, 0.5) is 0 Å². The van der Waals surface area contributed by atoms with Gasteiger partial charge < -0.3 is 9.84 Å². The van der Waals surface area contributed by atoms with Crippen molar-refractivity contribution in [1.29, 1.82) is 0 Å². The fourth-order valence-corrected chi connectivity index (χ4v) is 1.49. The number of carbonyl (C=O) groups is 2. The predicted octanol–water partition coefficient (Wildman–Crippen LogP) is 1.90. The molecule has 1 N–H and O–H groups in total. The maximum Gasteiger partial charge on any atom is 0.313 e. The van der Waals surface area contributed by atoms with E-state index in [1.807, 2.05) is 0 Å². The van der Waals surface area contributed by atoms with Crippen LogP contribution in [0.1, 0.15) is 16.8 Å². The zero-order valence-electron chi connectivity index (χ0n) is 7.99. The molecule has 0 atom stereocenters. The molecule has 0 aliphatic carbocycles. The summed E-state index contributed by atoms with van der Waals surface area (Å²) in [5, 5.41) is 9.19. The van der Waals surface area contributed by atoms with Gasteiger partial charge in [-0.25, -0.2) is 0 Å². The van der Waals surface area contributed by atoms with Gasteiger partial charge in [0, 0.05) is 10.0 Å². The SMILES string of the molecule is COC(=O)CC(=O)c1cc(O)ccc1Br. The third-order valence-corrected chi connectivity index (χ3v) is 2.47. The molecule has 80 valence electrons. The number of benzene rings is 1. The summed E-state index contributed by atoms with van der Waals surface area (Å²) in [5.74, 6) is -1.02. The second-order valence-electron chi connectivity index (χ2n) is 2.84. The summed E-state index contributed by atoms with van der Waals surface area (Å²) in [6.45, 7) is 0. The molecule has 1 aromatic rings. The lowest BCUT2D eigenvalue weighted by molar-refractivity contribution is -0.139. The molecule has 0 aromatic heterocycles. The molecule has 0 bridgehead atoms. The number of aromatic hydroxyl groups is 1. The highest BCUT2D eigenvalue weighted by atomic mass is 79.9. The zero-order chi connectivity index (χ0) is 11.4. The first kappa shape index (κ1) is 11.7. The molecule has 0 heterocycles. The summed E-state index contributed by atoms with van der Waals surface area (Å²) in [7, 11) is 1.22. The minimum Gasteiger partial charge on any atom is -0.508 e. The van der Waals surface area contributed by atoms with Crippen molar-refractivity contribution in [2.24, 2.45) is 0 Å². The Balaban J connectivity index is 2.91. The van der Waals surface area contributed by atoms with E-state index >= 15 is 0 Å². The molecule has 0 saturated heterocycles. The Hall–Kier alpha value is -1.36. The number of methoxy groups -OCH3 is 1. The topological polar surface area (TPSA) is 63.6 Å². The minimum atomic E-state index is -0.602. The normalized spacial score (nSPS) is 9.73. The first-order valence-corrected chi connectivity index (χ1v) is 4.92. The van der Waals surface area contributed by atoms with E-state index in [0.717, 1.165) is 0 Å². The van der Waals surface area contributed by atoms with E-state index in [-0.39, 0.29) is 17.7 Å². The first-order valence-electron chi connectivity index (χ1n) is 4.13. The van der Waals surface area contributed by atoms with E-state index in [9.17, 15) is 14.7 Å². The number of ether oxygens (including phenoxy) is 1. The van der Waals surface area contributed by atoms with E-state index < -0.39 is 11.8 Å². The molecular formula is C10H9BrO4. The van der Waals surface area contributed by atoms with Crippen LogP contribution in [-0.2, 0) is 9.53 Å². The molecule has 0 aliphatic rings. The molecule has 5 heteroatoms. The van der Waals surface area contributed by atoms with Gasteiger partial charge in [0.05, 0.1) is 7.11 Å². The number of halogens is 1. The van der Waals surface area contributed by atoms with Crippen LogP contribution in [0, 0.1) is 0 Å². The molecule has 4 nitrogen and oxygen atoms in total. The summed E-state index contributed by atoms with van der Waals surface area (Å²) in [6.07, 6.45) is -0.335. The maximum atomic E-state index is 11.5. The Labute approximate surface area is 95.0 Å². The molecule has 0 spiro atoms. The Morgan fingerprint density at radius 2 is 2.13 bits per heavy atom. The van der Waals surface area contributed by atoms with E-state index in [2.05, 4.69) is 20.7 Å². The van der Waals surface area contributed by atoms with Crippen LogP contribution >= 0.6 is 15.9 Å². The van der Waals surface area contributed by atoms with Crippen LogP contribution < -0.4 is 0 Å². The number of ketones is 1. The van der Waals surface area contributed by atoms with Gasteiger partial charge in [-0.2, -0.15) is 0 Å². The van der Waals surface area contributed by atoms with Crippen LogP contribution in [0.3, 0.4) is 0 Å². The largest absolute Gasteiger partial charge is 0.508 e. The van der Waals surface area contributed by atoms with Gasteiger partial charge >= 0.3 is 5.97 Å². The van der Waals surface area contributed by atoms with E-state index in [0.29, 0.717) is 4.47 Å². The average molecular weight is 273 g/mol. The van der Waals surface area contributed by atoms with Gasteiger partial charge in [-0.3, -0.25) is 9.59 Å². The Morgan fingerprint density at radius 1 is 1.47 bits per heavy atom. The predicted molar refractivity (Wildman–Crippen MR) is 56.8 cm³/mol. The maximum absolute atomic E-state index is 11.5. The first-order chi connectivity index (χ1) is 7.04. The van der Waals surface area contributed by atoms with Crippen LogP contribution in [-0.4, -0.2) is 24.0 Å². The highest BCUT2D eigenvalue weighted by molar-refractivity contribution is 9.10. The Morgan fingerprint density at radius 3 is 2.73 bits per heavy atom. The van der Waals surface area contributed by atoms with Gasteiger partial charge in [-0.1, -0.05) is 15.9 Å². The molecular weight excluding hydrogens is 264 g/mol. The lowest BCUT2D eigenvalue weighted by atomic mass is 10.1. The highest BCUT2D eigenvalue weighted by Gasteiger charge is 2.15. The molecule has 15 heavy (non-hydrogen) atoms. The smallest absolute Gasteiger partial charge is 0.313 e. The second-order valence-corrected chi connectivity index (χ2v) is 3.69. The summed E-state index contributed by atoms with van der Waals surface area (Å²) in [4.78, 5) is 22.4. The van der Waals surface area contributed by atoms with Crippen molar-refractivity contribution in [1.82, 2.24) is 0 Å². The van der Waals surface area contributed by atoms with Crippen molar-refractivity contribution in [2.75, 3.05) is 7.11 Å². The van der Waals surface area contributed by atoms with Crippen molar-refractivity contribution >= 4 is 27.7 Å². The molecule has 0 amide bonds. The van der Waals surface area contributed by atoms with Crippen molar-refractivity contribution in [2.45, 2.75) is 6.42 Å². The molecule has 1 aromatic carbocycles. The van der Waals surface area contributed by atoms with Crippen LogP contribution in [0.25, 0.3) is 0 Å². The quantitative estimate of drug-likeness (QED) is 0.519. The third-order valence-electron chi connectivity index (χ3n) is 1.78. The van der Waals surface area contributed by atoms with Gasteiger partial charge in [-0.15, -0.1) is 0 Å². The molecule has 0 aliphatic heterocycles. The molecule has 0 saturated carbocycles. The lowest BCUT2D eigenvalue weighted by Gasteiger charge is -2.03. The van der Waals surface area contributed by atoms with Gasteiger partial charge in [-0.05, 0) is 18.2 Å². The highest BCUT2D eigenvalue weighted by Crippen LogP contribution is 2.22. The van der Waals surface area contributed by atoms with Crippen molar-refractivity contribution in [3.8, 4) is 5.75 Å². The average Bonchev–Trinajstić information content (AvgIpc) is 2.21. The second kappa shape index (κ2) is 4.93. The number of phenolic OH excluding ortho intramolecular Hbond substituents is 1. The monoisotopic (exact) mass is 272 g/mol. The van der Waals surface area contributed by atoms with Gasteiger partial charge in [0.25, 0.3) is 0 Å². The number of esters is 1. The van der Waals surface area contributed by atoms with Crippen LogP contribution in [0.5, 0.6) is 5.75 Å². The Kier molecular flexibility index (Phi) is 3.85. The van der Waals surface area contributed by atoms with E-state index in [4.69, 9.17) is 0 Å². The summed E-state index contributed by atoms with van der Waals surface area (Å²) < 4.78 is 4.91. The fourth-order valence-electron chi connectivity index (χ4n) is 1.03. The standard InChI is InChI=1S/C10H9BrO4/c1-15-10(14)5-9(13)7-4-6(12)2-3-8(7)11/h2-4,12H,5H2,1H3. The number of Topliss-reactive ketones (excluding diaryl/α,β-unsaturated/α-hetero) is 1. The lowest BCUT2D eigenvalue weighted by Crippen LogP contribution is -2.09. The Bertz CT molecular complexity index is 400. The third kappa shape index (κ3) is 3.06. The molecule has 1 rings (SSSR count). The number of carbonyl (C=O) groups excluding carboxylic acids is 2. The molecule has 0 radical (unpaired) electrons. The fraction of sp³-hybridized carbons (Fsp3) is 0.200. The van der Waals surface area contributed by atoms with Crippen molar-refractivity contribution < 1.29 is 19.4 Å². The summed E-state index contributed by atoms with van der Waals surface area (Å²) in [5.41, 5.74) is 0.264. The minimum absolute atomic E-state index is 0.0218. The van der Waals surface area contributed by atoms with Gasteiger partial charge in [0.15, 0.2) is 5.78 Å². The van der Waals surface area contributed by atoms with E-state index in [1.54, 1.807) is 6.07 Å². The van der Waals surface area contributed by atoms with Crippen LogP contribution in [0.2, 0.25) is 0 Å². The molecule has 0 unspecified atom stereocenters. The van der Waals surface area contributed by atoms with Gasteiger partial charge in [0.2, 0.25) is 0 Å². The van der Waals surface area contributed by atoms with Crippen molar-refractivity contribution in [3.05, 3.63) is 28.2 Å². The van der Waals surface area contributed by atoms with Gasteiger partial charge in [0.1, 0.15) is 12.2 Å².